The Morgan fingerprint density at radius 2 is 1.92 bits per heavy atom. The van der Waals surface area contributed by atoms with E-state index < -0.39 is 0 Å². The smallest absolute Gasteiger partial charge is 0.293 e. The largest absolute Gasteiger partial charge is 0.493 e. The van der Waals surface area contributed by atoms with Crippen LogP contribution < -0.4 is 9.47 Å². The summed E-state index contributed by atoms with van der Waals surface area (Å²) in [7, 11) is 2.99. The Balaban J connectivity index is 1.95. The zero-order chi connectivity index (χ0) is 18.0. The van der Waals surface area contributed by atoms with Crippen LogP contribution in [0.2, 0.25) is 0 Å². The third-order valence-electron chi connectivity index (χ3n) is 3.43. The molecule has 1 saturated heterocycles. The lowest BCUT2D eigenvalue weighted by molar-refractivity contribution is -0.121. The quantitative estimate of drug-likeness (QED) is 0.686. The predicted molar refractivity (Wildman–Crippen MR) is 98.7 cm³/mol. The van der Waals surface area contributed by atoms with Gasteiger partial charge in [-0.25, -0.2) is 0 Å². The number of carbonyl (C=O) groups is 2. The number of benzene rings is 1. The predicted octanol–water partition coefficient (Wildman–Crippen LogP) is 4.31. The molecular formula is C17H13BrN2O4S. The Hall–Kier alpha value is -2.32. The van der Waals surface area contributed by atoms with Crippen LogP contribution >= 0.6 is 27.7 Å². The lowest BCUT2D eigenvalue weighted by Gasteiger charge is -2.12. The molecule has 3 rings (SSSR count). The molecule has 1 aliphatic rings. The maximum absolute atomic E-state index is 12.0. The van der Waals surface area contributed by atoms with Crippen molar-refractivity contribution >= 4 is 44.9 Å². The Kier molecular flexibility index (Phi) is 5.10. The fourth-order valence-corrected chi connectivity index (χ4v) is 3.38. The first-order valence-electron chi connectivity index (χ1n) is 7.16. The molecule has 2 heterocycles. The second kappa shape index (κ2) is 7.28. The van der Waals surface area contributed by atoms with Gasteiger partial charge in [-0.05, 0) is 47.7 Å². The van der Waals surface area contributed by atoms with E-state index in [9.17, 15) is 9.59 Å². The van der Waals surface area contributed by atoms with E-state index >= 15 is 0 Å². The molecule has 2 amide bonds. The first kappa shape index (κ1) is 17.5. The molecule has 0 radical (unpaired) electrons. The summed E-state index contributed by atoms with van der Waals surface area (Å²) in [5, 5.41) is -0.294. The van der Waals surface area contributed by atoms with Gasteiger partial charge < -0.3 is 9.47 Å². The SMILES string of the molecule is COc1cc(/C=C2\SC(=O)N(C)C2=O)c(Br)cc1Oc1ccncc1. The summed E-state index contributed by atoms with van der Waals surface area (Å²) in [5.74, 6) is 1.32. The molecule has 1 aromatic carbocycles. The Labute approximate surface area is 157 Å². The summed E-state index contributed by atoms with van der Waals surface area (Å²) < 4.78 is 11.9. The Morgan fingerprint density at radius 1 is 1.20 bits per heavy atom. The van der Waals surface area contributed by atoms with Crippen LogP contribution in [0, 0.1) is 0 Å². The third kappa shape index (κ3) is 3.69. The van der Waals surface area contributed by atoms with E-state index in [0.29, 0.717) is 32.2 Å². The van der Waals surface area contributed by atoms with E-state index in [1.165, 1.54) is 14.2 Å². The maximum Gasteiger partial charge on any atom is 0.293 e. The molecule has 6 nitrogen and oxygen atoms in total. The summed E-state index contributed by atoms with van der Waals surface area (Å²) in [5.41, 5.74) is 0.706. The van der Waals surface area contributed by atoms with Gasteiger partial charge in [-0.1, -0.05) is 15.9 Å². The highest BCUT2D eigenvalue weighted by molar-refractivity contribution is 9.10. The average Bonchev–Trinajstić information content (AvgIpc) is 2.85. The van der Waals surface area contributed by atoms with Gasteiger partial charge in [0.1, 0.15) is 5.75 Å². The number of hydrogen-bond acceptors (Lipinski definition) is 6. The van der Waals surface area contributed by atoms with E-state index in [2.05, 4.69) is 20.9 Å². The number of nitrogens with zero attached hydrogens (tertiary/aromatic N) is 2. The number of likely N-dealkylation sites (N-methyl/N-ethyl adjacent to an activating group) is 1. The number of ether oxygens (including phenoxy) is 2. The van der Waals surface area contributed by atoms with Gasteiger partial charge in [0.15, 0.2) is 11.5 Å². The molecule has 0 atom stereocenters. The molecule has 1 aromatic heterocycles. The van der Waals surface area contributed by atoms with Crippen LogP contribution in [0.5, 0.6) is 17.2 Å². The highest BCUT2D eigenvalue weighted by atomic mass is 79.9. The van der Waals surface area contributed by atoms with E-state index in [0.717, 1.165) is 16.7 Å². The normalized spacial score (nSPS) is 15.8. The highest BCUT2D eigenvalue weighted by Crippen LogP contribution is 2.39. The molecule has 0 spiro atoms. The van der Waals surface area contributed by atoms with Crippen LogP contribution in [0.25, 0.3) is 6.08 Å². The molecule has 8 heteroatoms. The van der Waals surface area contributed by atoms with E-state index in [-0.39, 0.29) is 11.1 Å². The summed E-state index contributed by atoms with van der Waals surface area (Å²) in [6.45, 7) is 0. The lowest BCUT2D eigenvalue weighted by Crippen LogP contribution is -2.22. The van der Waals surface area contributed by atoms with E-state index in [4.69, 9.17) is 9.47 Å². The monoisotopic (exact) mass is 420 g/mol. The summed E-state index contributed by atoms with van der Waals surface area (Å²) in [4.78, 5) is 29.0. The van der Waals surface area contributed by atoms with Gasteiger partial charge in [0.25, 0.3) is 11.1 Å². The zero-order valence-electron chi connectivity index (χ0n) is 13.4. The van der Waals surface area contributed by atoms with Gasteiger partial charge in [0.05, 0.1) is 12.0 Å². The molecule has 128 valence electrons. The van der Waals surface area contributed by atoms with Crippen molar-refractivity contribution in [1.29, 1.82) is 0 Å². The minimum Gasteiger partial charge on any atom is -0.493 e. The number of halogens is 1. The molecular weight excluding hydrogens is 408 g/mol. The first-order chi connectivity index (χ1) is 12.0. The second-order valence-electron chi connectivity index (χ2n) is 5.05. The number of methoxy groups -OCH3 is 1. The third-order valence-corrected chi connectivity index (χ3v) is 5.08. The number of amides is 2. The van der Waals surface area contributed by atoms with Crippen LogP contribution in [0.3, 0.4) is 0 Å². The second-order valence-corrected chi connectivity index (χ2v) is 6.90. The molecule has 0 N–H and O–H groups in total. The van der Waals surface area contributed by atoms with Crippen molar-refractivity contribution in [2.24, 2.45) is 0 Å². The zero-order valence-corrected chi connectivity index (χ0v) is 15.8. The molecule has 0 saturated carbocycles. The van der Waals surface area contributed by atoms with Crippen LogP contribution in [0.15, 0.2) is 46.0 Å². The van der Waals surface area contributed by atoms with E-state index in [1.807, 2.05) is 0 Å². The van der Waals surface area contributed by atoms with Gasteiger partial charge in [-0.3, -0.25) is 19.5 Å². The number of rotatable bonds is 4. The van der Waals surface area contributed by atoms with Gasteiger partial charge in [0.2, 0.25) is 0 Å². The van der Waals surface area contributed by atoms with Gasteiger partial charge in [-0.2, -0.15) is 0 Å². The number of imide groups is 1. The first-order valence-corrected chi connectivity index (χ1v) is 8.77. The number of aromatic nitrogens is 1. The summed E-state index contributed by atoms with van der Waals surface area (Å²) in [6.07, 6.45) is 4.91. The number of carbonyl (C=O) groups excluding carboxylic acids is 2. The van der Waals surface area contributed by atoms with Crippen molar-refractivity contribution in [2.45, 2.75) is 0 Å². The highest BCUT2D eigenvalue weighted by Gasteiger charge is 2.32. The lowest BCUT2D eigenvalue weighted by atomic mass is 10.2. The van der Waals surface area contributed by atoms with Crippen LogP contribution in [-0.4, -0.2) is 35.2 Å². The molecule has 1 aliphatic heterocycles. The summed E-state index contributed by atoms with van der Waals surface area (Å²) >= 11 is 4.37. The minimum absolute atomic E-state index is 0.294. The van der Waals surface area contributed by atoms with Crippen LogP contribution in [-0.2, 0) is 4.79 Å². The molecule has 2 aromatic rings. The van der Waals surface area contributed by atoms with Crippen LogP contribution in [0.1, 0.15) is 5.56 Å². The Bertz CT molecular complexity index is 870. The number of thioether (sulfide) groups is 1. The number of hydrogen-bond donors (Lipinski definition) is 0. The van der Waals surface area contributed by atoms with Crippen molar-refractivity contribution < 1.29 is 19.1 Å². The Morgan fingerprint density at radius 3 is 2.52 bits per heavy atom. The van der Waals surface area contributed by atoms with Crippen molar-refractivity contribution in [3.63, 3.8) is 0 Å². The fraction of sp³-hybridized carbons (Fsp3) is 0.118. The molecule has 25 heavy (non-hydrogen) atoms. The van der Waals surface area contributed by atoms with Crippen molar-refractivity contribution in [3.8, 4) is 17.2 Å². The van der Waals surface area contributed by atoms with Crippen LogP contribution in [0.4, 0.5) is 4.79 Å². The minimum atomic E-state index is -0.321. The van der Waals surface area contributed by atoms with Gasteiger partial charge in [-0.15, -0.1) is 0 Å². The molecule has 0 bridgehead atoms. The van der Waals surface area contributed by atoms with Crippen molar-refractivity contribution in [3.05, 3.63) is 51.6 Å². The molecule has 1 fully saturated rings. The molecule has 0 aliphatic carbocycles. The van der Waals surface area contributed by atoms with Gasteiger partial charge >= 0.3 is 0 Å². The topological polar surface area (TPSA) is 68.7 Å². The van der Waals surface area contributed by atoms with Crippen molar-refractivity contribution in [1.82, 2.24) is 9.88 Å². The fourth-order valence-electron chi connectivity index (χ4n) is 2.12. The maximum atomic E-state index is 12.0. The van der Waals surface area contributed by atoms with Crippen molar-refractivity contribution in [2.75, 3.05) is 14.2 Å². The van der Waals surface area contributed by atoms with E-state index in [1.54, 1.807) is 42.7 Å². The summed E-state index contributed by atoms with van der Waals surface area (Å²) in [6, 6.07) is 6.96. The number of pyridine rings is 1. The molecule has 0 unspecified atom stereocenters. The standard InChI is InChI=1S/C17H13BrN2O4S/c1-20-16(21)15(25-17(20)22)8-10-7-13(23-2)14(9-12(10)18)24-11-3-5-19-6-4-11/h3-9H,1-2H3/b15-8-. The average molecular weight is 421 g/mol. The van der Waals surface area contributed by atoms with Gasteiger partial charge in [0, 0.05) is 23.9 Å².